The first-order chi connectivity index (χ1) is 14.6. The first-order valence-electron chi connectivity index (χ1n) is 9.74. The Balaban J connectivity index is 2.07. The first-order valence-corrected chi connectivity index (χ1v) is 9.74. The SMILES string of the molecule is COc1cc(OC)c(-c2ccc(OC)c3c(OC)cc(C)cc23)c([C@@H]2O[C@H]2CO)c1. The van der Waals surface area contributed by atoms with Crippen molar-refractivity contribution in [2.75, 3.05) is 35.0 Å². The van der Waals surface area contributed by atoms with Gasteiger partial charge < -0.3 is 28.8 Å². The molecule has 4 rings (SSSR count). The Bertz CT molecular complexity index is 1090. The van der Waals surface area contributed by atoms with Gasteiger partial charge in [0.05, 0.1) is 40.4 Å². The number of hydrogen-bond acceptors (Lipinski definition) is 6. The minimum absolute atomic E-state index is 0.0417. The van der Waals surface area contributed by atoms with Gasteiger partial charge in [0, 0.05) is 11.6 Å². The molecule has 0 saturated carbocycles. The summed E-state index contributed by atoms with van der Waals surface area (Å²) in [4.78, 5) is 0. The molecular weight excluding hydrogens is 384 g/mol. The lowest BCUT2D eigenvalue weighted by molar-refractivity contribution is 0.242. The van der Waals surface area contributed by atoms with Crippen LogP contribution in [0, 0.1) is 6.92 Å². The Morgan fingerprint density at radius 3 is 2.20 bits per heavy atom. The second-order valence-electron chi connectivity index (χ2n) is 7.28. The van der Waals surface area contributed by atoms with E-state index in [0.29, 0.717) is 11.5 Å². The molecule has 1 saturated heterocycles. The number of aliphatic hydroxyl groups excluding tert-OH is 1. The second-order valence-corrected chi connectivity index (χ2v) is 7.28. The summed E-state index contributed by atoms with van der Waals surface area (Å²) < 4.78 is 28.3. The number of epoxide rings is 1. The molecular formula is C24H26O6. The van der Waals surface area contributed by atoms with E-state index >= 15 is 0 Å². The maximum absolute atomic E-state index is 9.58. The summed E-state index contributed by atoms with van der Waals surface area (Å²) in [6, 6.07) is 11.9. The number of aryl methyl sites for hydroxylation is 1. The van der Waals surface area contributed by atoms with Crippen LogP contribution in [0.5, 0.6) is 23.0 Å². The van der Waals surface area contributed by atoms with Gasteiger partial charge in [-0.15, -0.1) is 0 Å². The monoisotopic (exact) mass is 410 g/mol. The third-order valence-corrected chi connectivity index (χ3v) is 5.52. The molecule has 6 nitrogen and oxygen atoms in total. The zero-order valence-electron chi connectivity index (χ0n) is 17.8. The molecule has 3 aromatic rings. The lowest BCUT2D eigenvalue weighted by Gasteiger charge is -2.19. The molecule has 3 aromatic carbocycles. The lowest BCUT2D eigenvalue weighted by atomic mass is 9.90. The van der Waals surface area contributed by atoms with Crippen molar-refractivity contribution in [3.05, 3.63) is 47.5 Å². The highest BCUT2D eigenvalue weighted by Crippen LogP contribution is 2.51. The van der Waals surface area contributed by atoms with Crippen molar-refractivity contribution in [1.29, 1.82) is 0 Å². The average Bonchev–Trinajstić information content (AvgIpc) is 3.56. The van der Waals surface area contributed by atoms with E-state index in [1.165, 1.54) is 0 Å². The second kappa shape index (κ2) is 8.05. The topological polar surface area (TPSA) is 69.7 Å². The van der Waals surface area contributed by atoms with Crippen LogP contribution in [0.4, 0.5) is 0 Å². The van der Waals surface area contributed by atoms with Gasteiger partial charge in [0.15, 0.2) is 0 Å². The summed E-state index contributed by atoms with van der Waals surface area (Å²) in [6.45, 7) is 1.99. The molecule has 0 unspecified atom stereocenters. The van der Waals surface area contributed by atoms with Gasteiger partial charge in [-0.3, -0.25) is 0 Å². The van der Waals surface area contributed by atoms with E-state index in [1.54, 1.807) is 28.4 Å². The van der Waals surface area contributed by atoms with Crippen LogP contribution in [0.15, 0.2) is 36.4 Å². The van der Waals surface area contributed by atoms with Gasteiger partial charge in [0.1, 0.15) is 35.2 Å². The Labute approximate surface area is 175 Å². The summed E-state index contributed by atoms with van der Waals surface area (Å²) in [5.74, 6) is 2.82. The standard InChI is InChI=1S/C24H26O6/c1-13-8-16-15(6-7-18(27-3)23(16)19(9-13)28-4)22-17(24-21(12-25)30-24)10-14(26-2)11-20(22)29-5/h6-11,21,24-25H,12H2,1-5H3/t21-,24-/m0/s1. The highest BCUT2D eigenvalue weighted by Gasteiger charge is 2.42. The van der Waals surface area contributed by atoms with Crippen molar-refractivity contribution in [3.63, 3.8) is 0 Å². The highest BCUT2D eigenvalue weighted by atomic mass is 16.6. The van der Waals surface area contributed by atoms with Crippen LogP contribution in [-0.4, -0.2) is 46.3 Å². The van der Waals surface area contributed by atoms with E-state index in [1.807, 2.05) is 37.3 Å². The van der Waals surface area contributed by atoms with Crippen LogP contribution in [0.1, 0.15) is 17.2 Å². The van der Waals surface area contributed by atoms with E-state index in [4.69, 9.17) is 23.7 Å². The van der Waals surface area contributed by atoms with Crippen LogP contribution in [0.2, 0.25) is 0 Å². The highest BCUT2D eigenvalue weighted by molar-refractivity contribution is 6.05. The quantitative estimate of drug-likeness (QED) is 0.586. The minimum Gasteiger partial charge on any atom is -0.497 e. The number of hydrogen-bond donors (Lipinski definition) is 1. The normalized spacial score (nSPS) is 17.7. The van der Waals surface area contributed by atoms with Crippen molar-refractivity contribution < 1.29 is 28.8 Å². The van der Waals surface area contributed by atoms with Crippen LogP contribution >= 0.6 is 0 Å². The number of benzene rings is 3. The predicted molar refractivity (Wildman–Crippen MR) is 115 cm³/mol. The number of rotatable bonds is 7. The molecule has 0 radical (unpaired) electrons. The van der Waals surface area contributed by atoms with Crippen molar-refractivity contribution in [2.24, 2.45) is 0 Å². The molecule has 0 spiro atoms. The summed E-state index contributed by atoms with van der Waals surface area (Å²) in [5.41, 5.74) is 3.85. The number of aliphatic hydroxyl groups is 1. The van der Waals surface area contributed by atoms with Gasteiger partial charge in [-0.2, -0.15) is 0 Å². The molecule has 0 amide bonds. The molecule has 158 valence electrons. The molecule has 0 aromatic heterocycles. The Morgan fingerprint density at radius 1 is 0.867 bits per heavy atom. The average molecular weight is 410 g/mol. The lowest BCUT2D eigenvalue weighted by Crippen LogP contribution is -2.01. The van der Waals surface area contributed by atoms with Crippen LogP contribution in [0.25, 0.3) is 21.9 Å². The molecule has 6 heteroatoms. The summed E-state index contributed by atoms with van der Waals surface area (Å²) in [5, 5.41) is 11.5. The fourth-order valence-corrected chi connectivity index (χ4v) is 4.06. The van der Waals surface area contributed by atoms with Crippen molar-refractivity contribution >= 4 is 10.8 Å². The molecule has 1 heterocycles. The van der Waals surface area contributed by atoms with Crippen molar-refractivity contribution in [1.82, 2.24) is 0 Å². The molecule has 0 bridgehead atoms. The van der Waals surface area contributed by atoms with Gasteiger partial charge >= 0.3 is 0 Å². The van der Waals surface area contributed by atoms with Gasteiger partial charge in [-0.1, -0.05) is 6.07 Å². The van der Waals surface area contributed by atoms with Crippen LogP contribution < -0.4 is 18.9 Å². The van der Waals surface area contributed by atoms with Crippen LogP contribution in [0.3, 0.4) is 0 Å². The van der Waals surface area contributed by atoms with Gasteiger partial charge in [-0.25, -0.2) is 0 Å². The third-order valence-electron chi connectivity index (χ3n) is 5.52. The molecule has 0 aliphatic carbocycles. The summed E-state index contributed by atoms with van der Waals surface area (Å²) >= 11 is 0. The summed E-state index contributed by atoms with van der Waals surface area (Å²) in [6.07, 6.45) is -0.459. The molecule has 2 atom stereocenters. The fourth-order valence-electron chi connectivity index (χ4n) is 4.06. The minimum atomic E-state index is -0.235. The number of methoxy groups -OCH3 is 4. The van der Waals surface area contributed by atoms with E-state index in [-0.39, 0.29) is 18.8 Å². The molecule has 1 aliphatic heterocycles. The Kier molecular flexibility index (Phi) is 5.45. The molecule has 1 aliphatic rings. The predicted octanol–water partition coefficient (Wildman–Crippen LogP) is 4.28. The van der Waals surface area contributed by atoms with Gasteiger partial charge in [0.2, 0.25) is 0 Å². The first kappa shape index (κ1) is 20.3. The van der Waals surface area contributed by atoms with Gasteiger partial charge in [-0.05, 0) is 53.3 Å². The fraction of sp³-hybridized carbons (Fsp3) is 0.333. The van der Waals surface area contributed by atoms with E-state index in [0.717, 1.165) is 44.5 Å². The van der Waals surface area contributed by atoms with Crippen LogP contribution in [-0.2, 0) is 4.74 Å². The van der Waals surface area contributed by atoms with E-state index in [9.17, 15) is 5.11 Å². The van der Waals surface area contributed by atoms with Crippen molar-refractivity contribution in [2.45, 2.75) is 19.1 Å². The zero-order chi connectivity index (χ0) is 21.4. The van der Waals surface area contributed by atoms with E-state index < -0.39 is 0 Å². The summed E-state index contributed by atoms with van der Waals surface area (Å²) in [7, 11) is 6.56. The third kappa shape index (κ3) is 3.32. The van der Waals surface area contributed by atoms with E-state index in [2.05, 4.69) is 6.07 Å². The molecule has 1 fully saturated rings. The largest absolute Gasteiger partial charge is 0.497 e. The Hall–Kier alpha value is -2.96. The van der Waals surface area contributed by atoms with Crippen molar-refractivity contribution in [3.8, 4) is 34.1 Å². The number of ether oxygens (including phenoxy) is 5. The maximum Gasteiger partial charge on any atom is 0.130 e. The Morgan fingerprint density at radius 2 is 1.60 bits per heavy atom. The smallest absolute Gasteiger partial charge is 0.130 e. The molecule has 30 heavy (non-hydrogen) atoms. The van der Waals surface area contributed by atoms with Gasteiger partial charge in [0.25, 0.3) is 0 Å². The number of fused-ring (bicyclic) bond motifs is 1. The maximum atomic E-state index is 9.58. The molecule has 1 N–H and O–H groups in total. The zero-order valence-corrected chi connectivity index (χ0v) is 17.8.